The Labute approximate surface area is 179 Å². The molecule has 0 N–H and O–H groups in total. The molecular formula is C22H23N5S2. The average molecular weight is 422 g/mol. The summed E-state index contributed by atoms with van der Waals surface area (Å²) in [5, 5.41) is 13.0. The van der Waals surface area contributed by atoms with Crippen molar-refractivity contribution in [1.82, 2.24) is 19.7 Å². The van der Waals surface area contributed by atoms with E-state index in [4.69, 9.17) is 4.98 Å². The van der Waals surface area contributed by atoms with Crippen LogP contribution in [0.5, 0.6) is 0 Å². The summed E-state index contributed by atoms with van der Waals surface area (Å²) in [7, 11) is 4.08. The molecule has 2 aromatic heterocycles. The fourth-order valence-corrected chi connectivity index (χ4v) is 4.85. The van der Waals surface area contributed by atoms with Gasteiger partial charge in [-0.25, -0.2) is 4.98 Å². The predicted octanol–water partition coefficient (Wildman–Crippen LogP) is 5.45. The summed E-state index contributed by atoms with van der Waals surface area (Å²) < 4.78 is 2.17. The summed E-state index contributed by atoms with van der Waals surface area (Å²) in [6, 6.07) is 18.7. The largest absolute Gasteiger partial charge is 0.378 e. The molecule has 4 rings (SSSR count). The minimum Gasteiger partial charge on any atom is -0.378 e. The summed E-state index contributed by atoms with van der Waals surface area (Å²) in [5.41, 5.74) is 4.48. The van der Waals surface area contributed by atoms with Crippen molar-refractivity contribution in [3.63, 3.8) is 0 Å². The summed E-state index contributed by atoms with van der Waals surface area (Å²) >= 11 is 3.36. The Morgan fingerprint density at radius 1 is 0.966 bits per heavy atom. The van der Waals surface area contributed by atoms with Gasteiger partial charge < -0.3 is 9.47 Å². The van der Waals surface area contributed by atoms with Crippen LogP contribution < -0.4 is 4.90 Å². The highest BCUT2D eigenvalue weighted by atomic mass is 32.2. The van der Waals surface area contributed by atoms with Crippen LogP contribution >= 0.6 is 23.1 Å². The molecule has 0 saturated carbocycles. The van der Waals surface area contributed by atoms with Gasteiger partial charge in [0.1, 0.15) is 5.01 Å². The van der Waals surface area contributed by atoms with Gasteiger partial charge in [-0.15, -0.1) is 21.5 Å². The van der Waals surface area contributed by atoms with Crippen LogP contribution in [0.1, 0.15) is 12.6 Å². The molecular weight excluding hydrogens is 398 g/mol. The second-order valence-corrected chi connectivity index (χ2v) is 8.59. The van der Waals surface area contributed by atoms with Crippen molar-refractivity contribution in [3.8, 4) is 22.0 Å². The maximum atomic E-state index is 4.78. The van der Waals surface area contributed by atoms with E-state index < -0.39 is 0 Å². The standard InChI is InChI=1S/C22H23N5S2/c1-4-27-20(16-10-12-19(13-11-16)26(2)3)24-25-22(27)29-15-18-14-28-21(23-18)17-8-6-5-7-9-17/h5-14H,4,15H2,1-3H3. The smallest absolute Gasteiger partial charge is 0.191 e. The lowest BCUT2D eigenvalue weighted by Gasteiger charge is -2.13. The Morgan fingerprint density at radius 2 is 1.72 bits per heavy atom. The first-order valence-corrected chi connectivity index (χ1v) is 11.4. The van der Waals surface area contributed by atoms with Crippen molar-refractivity contribution in [2.75, 3.05) is 19.0 Å². The normalized spacial score (nSPS) is 11.0. The minimum absolute atomic E-state index is 0.779. The first kappa shape index (κ1) is 19.7. The molecule has 0 aliphatic heterocycles. The third-order valence-electron chi connectivity index (χ3n) is 4.60. The molecule has 0 bridgehead atoms. The summed E-state index contributed by atoms with van der Waals surface area (Å²) in [4.78, 5) is 6.87. The Balaban J connectivity index is 1.49. The summed E-state index contributed by atoms with van der Waals surface area (Å²) in [5.74, 6) is 1.68. The minimum atomic E-state index is 0.779. The van der Waals surface area contributed by atoms with Crippen LogP contribution in [0.3, 0.4) is 0 Å². The van der Waals surface area contributed by atoms with Crippen LogP contribution in [0.25, 0.3) is 22.0 Å². The van der Waals surface area contributed by atoms with Crippen LogP contribution in [0, 0.1) is 0 Å². The Bertz CT molecular complexity index is 1070. The number of nitrogens with zero attached hydrogens (tertiary/aromatic N) is 5. The lowest BCUT2D eigenvalue weighted by Crippen LogP contribution is -2.08. The molecule has 0 aliphatic rings. The van der Waals surface area contributed by atoms with Crippen LogP contribution in [0.15, 0.2) is 65.1 Å². The van der Waals surface area contributed by atoms with Gasteiger partial charge in [0.2, 0.25) is 0 Å². The Hall–Kier alpha value is -2.64. The molecule has 0 saturated heterocycles. The fourth-order valence-electron chi connectivity index (χ4n) is 3.03. The van der Waals surface area contributed by atoms with E-state index in [2.05, 4.69) is 68.4 Å². The third-order valence-corrected chi connectivity index (χ3v) is 6.54. The van der Waals surface area contributed by atoms with Crippen molar-refractivity contribution >= 4 is 28.8 Å². The molecule has 5 nitrogen and oxygen atoms in total. The first-order valence-electron chi connectivity index (χ1n) is 9.49. The van der Waals surface area contributed by atoms with Crippen LogP contribution in [-0.4, -0.2) is 33.8 Å². The van der Waals surface area contributed by atoms with E-state index in [-0.39, 0.29) is 0 Å². The van der Waals surface area contributed by atoms with Crippen molar-refractivity contribution in [2.45, 2.75) is 24.4 Å². The summed E-state index contributed by atoms with van der Waals surface area (Å²) in [6.07, 6.45) is 0. The molecule has 0 atom stereocenters. The Kier molecular flexibility index (Phi) is 5.97. The van der Waals surface area contributed by atoms with Crippen LogP contribution in [0.4, 0.5) is 5.69 Å². The lowest BCUT2D eigenvalue weighted by molar-refractivity contribution is 0.687. The SMILES string of the molecule is CCn1c(SCc2csc(-c3ccccc3)n2)nnc1-c1ccc(N(C)C)cc1. The van der Waals surface area contributed by atoms with Crippen LogP contribution in [0.2, 0.25) is 0 Å². The molecule has 0 spiro atoms. The highest BCUT2D eigenvalue weighted by Crippen LogP contribution is 2.29. The average Bonchev–Trinajstić information content (AvgIpc) is 3.39. The number of hydrogen-bond acceptors (Lipinski definition) is 6. The van der Waals surface area contributed by atoms with Gasteiger partial charge in [0.15, 0.2) is 11.0 Å². The van der Waals surface area contributed by atoms with Crippen molar-refractivity contribution < 1.29 is 0 Å². The third kappa shape index (κ3) is 4.36. The second-order valence-electron chi connectivity index (χ2n) is 6.79. The molecule has 29 heavy (non-hydrogen) atoms. The van der Waals surface area contributed by atoms with E-state index in [1.807, 2.05) is 32.3 Å². The van der Waals surface area contributed by atoms with Gasteiger partial charge in [-0.3, -0.25) is 0 Å². The zero-order valence-electron chi connectivity index (χ0n) is 16.7. The summed E-state index contributed by atoms with van der Waals surface area (Å²) in [6.45, 7) is 2.95. The predicted molar refractivity (Wildman–Crippen MR) is 123 cm³/mol. The van der Waals surface area contributed by atoms with E-state index >= 15 is 0 Å². The van der Waals surface area contributed by atoms with Crippen LogP contribution in [-0.2, 0) is 12.3 Å². The quantitative estimate of drug-likeness (QED) is 0.372. The van der Waals surface area contributed by atoms with E-state index in [0.29, 0.717) is 0 Å². The van der Waals surface area contributed by atoms with Gasteiger partial charge in [0.05, 0.1) is 5.69 Å². The van der Waals surface area contributed by atoms with E-state index in [1.54, 1.807) is 23.1 Å². The van der Waals surface area contributed by atoms with Gasteiger partial charge in [-0.05, 0) is 31.2 Å². The van der Waals surface area contributed by atoms with Gasteiger partial charge in [0.25, 0.3) is 0 Å². The van der Waals surface area contributed by atoms with Gasteiger partial charge >= 0.3 is 0 Å². The number of rotatable bonds is 7. The number of thioether (sulfide) groups is 1. The monoisotopic (exact) mass is 421 g/mol. The maximum Gasteiger partial charge on any atom is 0.191 e. The molecule has 0 amide bonds. The van der Waals surface area contributed by atoms with Crippen molar-refractivity contribution in [3.05, 3.63) is 65.7 Å². The fraction of sp³-hybridized carbons (Fsp3) is 0.227. The van der Waals surface area contributed by atoms with E-state index in [0.717, 1.165) is 45.1 Å². The van der Waals surface area contributed by atoms with Crippen molar-refractivity contribution in [1.29, 1.82) is 0 Å². The topological polar surface area (TPSA) is 46.8 Å². The molecule has 2 heterocycles. The molecule has 2 aromatic carbocycles. The molecule has 0 aliphatic carbocycles. The molecule has 0 radical (unpaired) electrons. The zero-order chi connectivity index (χ0) is 20.2. The lowest BCUT2D eigenvalue weighted by atomic mass is 10.2. The maximum absolute atomic E-state index is 4.78. The molecule has 0 fully saturated rings. The Morgan fingerprint density at radius 3 is 2.41 bits per heavy atom. The molecule has 0 unspecified atom stereocenters. The molecule has 148 valence electrons. The van der Waals surface area contributed by atoms with Gasteiger partial charge in [-0.1, -0.05) is 42.1 Å². The van der Waals surface area contributed by atoms with Gasteiger partial charge in [-0.2, -0.15) is 0 Å². The number of anilines is 1. The number of hydrogen-bond donors (Lipinski definition) is 0. The second kappa shape index (κ2) is 8.80. The van der Waals surface area contributed by atoms with Gasteiger partial charge in [0, 0.05) is 48.6 Å². The van der Waals surface area contributed by atoms with E-state index in [1.165, 1.54) is 5.69 Å². The highest BCUT2D eigenvalue weighted by Gasteiger charge is 2.14. The molecule has 7 heteroatoms. The molecule has 4 aromatic rings. The highest BCUT2D eigenvalue weighted by molar-refractivity contribution is 7.98. The number of benzene rings is 2. The van der Waals surface area contributed by atoms with E-state index in [9.17, 15) is 0 Å². The first-order chi connectivity index (χ1) is 14.2. The number of aromatic nitrogens is 4. The zero-order valence-corrected chi connectivity index (χ0v) is 18.4. The number of thiazole rings is 1. The van der Waals surface area contributed by atoms with Crippen molar-refractivity contribution in [2.24, 2.45) is 0 Å².